The molecule has 2 heteroatoms. The first kappa shape index (κ1) is 20.6. The molecule has 0 aliphatic heterocycles. The van der Waals surface area contributed by atoms with Crippen molar-refractivity contribution in [1.82, 2.24) is 0 Å². The standard InChI is InChI=1S/C24H38N2/c1-4-5-6-7-8-9-10-11-12-17-22(23-18-13-15-20-25(23)2)24-19-14-16-21-26(24)3/h13-16,18-22H,4-12,17H2,1-3H3/q+2. The van der Waals surface area contributed by atoms with Crippen LogP contribution in [-0.4, -0.2) is 0 Å². The molecule has 2 nitrogen and oxygen atoms in total. The minimum absolute atomic E-state index is 0.469. The number of pyridine rings is 2. The molecule has 0 unspecified atom stereocenters. The van der Waals surface area contributed by atoms with Gasteiger partial charge in [0.15, 0.2) is 23.8 Å². The molecule has 0 spiro atoms. The Bertz CT molecular complexity index is 590. The molecule has 142 valence electrons. The molecule has 2 aromatic heterocycles. The summed E-state index contributed by atoms with van der Waals surface area (Å²) in [5.74, 6) is 0.469. The lowest BCUT2D eigenvalue weighted by Crippen LogP contribution is -2.40. The second-order valence-corrected chi connectivity index (χ2v) is 7.64. The van der Waals surface area contributed by atoms with E-state index in [-0.39, 0.29) is 0 Å². The highest BCUT2D eigenvalue weighted by molar-refractivity contribution is 5.16. The first-order valence-corrected chi connectivity index (χ1v) is 10.6. The van der Waals surface area contributed by atoms with Crippen molar-refractivity contribution in [2.45, 2.75) is 77.0 Å². The van der Waals surface area contributed by atoms with Crippen molar-refractivity contribution in [2.75, 3.05) is 0 Å². The molecule has 26 heavy (non-hydrogen) atoms. The van der Waals surface area contributed by atoms with E-state index < -0.39 is 0 Å². The maximum absolute atomic E-state index is 2.29. The van der Waals surface area contributed by atoms with Crippen molar-refractivity contribution >= 4 is 0 Å². The molecule has 0 saturated carbocycles. The highest BCUT2D eigenvalue weighted by Crippen LogP contribution is 2.26. The van der Waals surface area contributed by atoms with Crippen molar-refractivity contribution in [3.05, 3.63) is 60.2 Å². The molecule has 0 aliphatic carbocycles. The van der Waals surface area contributed by atoms with E-state index in [0.717, 1.165) is 0 Å². The van der Waals surface area contributed by atoms with Gasteiger partial charge < -0.3 is 0 Å². The fraction of sp³-hybridized carbons (Fsp3) is 0.583. The van der Waals surface area contributed by atoms with Crippen LogP contribution in [-0.2, 0) is 14.1 Å². The van der Waals surface area contributed by atoms with Gasteiger partial charge in [0.25, 0.3) is 0 Å². The molecule has 0 fully saturated rings. The summed E-state index contributed by atoms with van der Waals surface area (Å²) < 4.78 is 4.57. The quantitative estimate of drug-likeness (QED) is 0.357. The Balaban J connectivity index is 1.88. The van der Waals surface area contributed by atoms with Crippen LogP contribution in [0.1, 0.15) is 88.4 Å². The van der Waals surface area contributed by atoms with Gasteiger partial charge in [-0.25, -0.2) is 9.13 Å². The zero-order valence-corrected chi connectivity index (χ0v) is 17.2. The molecular formula is C24H38N2+2. The number of aromatic nitrogens is 2. The van der Waals surface area contributed by atoms with E-state index in [1.807, 2.05) is 0 Å². The van der Waals surface area contributed by atoms with Gasteiger partial charge >= 0.3 is 0 Å². The molecule has 0 atom stereocenters. The minimum Gasteiger partial charge on any atom is -0.204 e. The van der Waals surface area contributed by atoms with E-state index in [2.05, 4.69) is 78.9 Å². The summed E-state index contributed by atoms with van der Waals surface area (Å²) in [5, 5.41) is 0. The lowest BCUT2D eigenvalue weighted by atomic mass is 9.92. The molecule has 0 saturated heterocycles. The zero-order chi connectivity index (χ0) is 18.6. The van der Waals surface area contributed by atoms with E-state index in [1.54, 1.807) is 0 Å². The first-order chi connectivity index (χ1) is 12.7. The number of hydrogen-bond acceptors (Lipinski definition) is 0. The Labute approximate surface area is 160 Å². The van der Waals surface area contributed by atoms with Gasteiger partial charge in [0.05, 0.1) is 0 Å². The Hall–Kier alpha value is -1.70. The van der Waals surface area contributed by atoms with E-state index in [0.29, 0.717) is 5.92 Å². The normalized spacial score (nSPS) is 11.2. The smallest absolute Gasteiger partial charge is 0.194 e. The third-order valence-corrected chi connectivity index (χ3v) is 5.50. The second-order valence-electron chi connectivity index (χ2n) is 7.64. The third-order valence-electron chi connectivity index (χ3n) is 5.50. The number of unbranched alkanes of at least 4 members (excludes halogenated alkanes) is 8. The Morgan fingerprint density at radius 2 is 1.12 bits per heavy atom. The van der Waals surface area contributed by atoms with Gasteiger partial charge in [-0.1, -0.05) is 76.8 Å². The summed E-state index contributed by atoms with van der Waals surface area (Å²) in [4.78, 5) is 0. The maximum Gasteiger partial charge on any atom is 0.194 e. The molecule has 0 aromatic carbocycles. The van der Waals surface area contributed by atoms with Crippen LogP contribution >= 0.6 is 0 Å². The van der Waals surface area contributed by atoms with Crippen LogP contribution < -0.4 is 9.13 Å². The highest BCUT2D eigenvalue weighted by atomic mass is 15.0. The van der Waals surface area contributed by atoms with Gasteiger partial charge in [0.1, 0.15) is 20.0 Å². The van der Waals surface area contributed by atoms with Crippen molar-refractivity contribution in [2.24, 2.45) is 14.1 Å². The van der Waals surface area contributed by atoms with E-state index in [1.165, 1.54) is 75.6 Å². The molecule has 0 N–H and O–H groups in total. The first-order valence-electron chi connectivity index (χ1n) is 10.6. The lowest BCUT2D eigenvalue weighted by molar-refractivity contribution is -0.693. The van der Waals surface area contributed by atoms with Crippen LogP contribution in [0.2, 0.25) is 0 Å². The highest BCUT2D eigenvalue weighted by Gasteiger charge is 2.27. The predicted molar refractivity (Wildman–Crippen MR) is 109 cm³/mol. The fourth-order valence-electron chi connectivity index (χ4n) is 3.90. The average Bonchev–Trinajstić information content (AvgIpc) is 2.65. The monoisotopic (exact) mass is 354 g/mol. The van der Waals surface area contributed by atoms with Gasteiger partial charge in [0, 0.05) is 24.3 Å². The van der Waals surface area contributed by atoms with Gasteiger partial charge in [-0.15, -0.1) is 0 Å². The molecule has 0 bridgehead atoms. The number of nitrogens with zero attached hydrogens (tertiary/aromatic N) is 2. The zero-order valence-electron chi connectivity index (χ0n) is 17.2. The van der Waals surface area contributed by atoms with Crippen molar-refractivity contribution in [3.63, 3.8) is 0 Å². The summed E-state index contributed by atoms with van der Waals surface area (Å²) in [7, 11) is 4.34. The topological polar surface area (TPSA) is 7.76 Å². The predicted octanol–water partition coefficient (Wildman–Crippen LogP) is 5.39. The number of hydrogen-bond donors (Lipinski definition) is 0. The van der Waals surface area contributed by atoms with Crippen molar-refractivity contribution < 1.29 is 9.13 Å². The van der Waals surface area contributed by atoms with Gasteiger partial charge in [-0.3, -0.25) is 0 Å². The van der Waals surface area contributed by atoms with Crippen molar-refractivity contribution in [1.29, 1.82) is 0 Å². The Morgan fingerprint density at radius 3 is 1.58 bits per heavy atom. The van der Waals surface area contributed by atoms with Crippen LogP contribution in [0.25, 0.3) is 0 Å². The van der Waals surface area contributed by atoms with E-state index in [9.17, 15) is 0 Å². The van der Waals surface area contributed by atoms with Crippen molar-refractivity contribution in [3.8, 4) is 0 Å². The summed E-state index contributed by atoms with van der Waals surface area (Å²) in [5.41, 5.74) is 2.82. The van der Waals surface area contributed by atoms with Crippen LogP contribution in [0.5, 0.6) is 0 Å². The van der Waals surface area contributed by atoms with Gasteiger partial charge in [-0.05, 0) is 6.42 Å². The van der Waals surface area contributed by atoms with Crippen LogP contribution in [0, 0.1) is 0 Å². The summed E-state index contributed by atoms with van der Waals surface area (Å²) in [6.07, 6.45) is 18.1. The summed E-state index contributed by atoms with van der Waals surface area (Å²) in [6.45, 7) is 2.29. The number of aryl methyl sites for hydroxylation is 2. The molecular weight excluding hydrogens is 316 g/mol. The average molecular weight is 355 g/mol. The van der Waals surface area contributed by atoms with Crippen LogP contribution in [0.4, 0.5) is 0 Å². The third kappa shape index (κ3) is 6.55. The largest absolute Gasteiger partial charge is 0.204 e. The molecule has 0 amide bonds. The number of rotatable bonds is 12. The van der Waals surface area contributed by atoms with Crippen LogP contribution in [0.15, 0.2) is 48.8 Å². The Kier molecular flexibility index (Phi) is 9.38. The molecule has 2 heterocycles. The maximum atomic E-state index is 2.29. The molecule has 2 rings (SSSR count). The van der Waals surface area contributed by atoms with Gasteiger partial charge in [0.2, 0.25) is 0 Å². The van der Waals surface area contributed by atoms with Crippen LogP contribution in [0.3, 0.4) is 0 Å². The lowest BCUT2D eigenvalue weighted by Gasteiger charge is -2.13. The minimum atomic E-state index is 0.469. The summed E-state index contributed by atoms with van der Waals surface area (Å²) in [6, 6.07) is 13.1. The fourth-order valence-corrected chi connectivity index (χ4v) is 3.90. The SMILES string of the molecule is CCCCCCCCCCCC(c1cccc[n+]1C)c1cccc[n+]1C. The molecule has 0 radical (unpaired) electrons. The summed E-state index contributed by atoms with van der Waals surface area (Å²) >= 11 is 0. The molecule has 0 aliphatic rings. The van der Waals surface area contributed by atoms with E-state index in [4.69, 9.17) is 0 Å². The van der Waals surface area contributed by atoms with E-state index >= 15 is 0 Å². The molecule has 2 aromatic rings. The Morgan fingerprint density at radius 1 is 0.654 bits per heavy atom. The van der Waals surface area contributed by atoms with Gasteiger partial charge in [-0.2, -0.15) is 0 Å². The second kappa shape index (κ2) is 11.8.